The zero-order chi connectivity index (χ0) is 20.1. The highest BCUT2D eigenvalue weighted by Crippen LogP contribution is 2.20. The van der Waals surface area contributed by atoms with Crippen LogP contribution >= 0.6 is 11.6 Å². The lowest BCUT2D eigenvalue weighted by Gasteiger charge is -2.10. The van der Waals surface area contributed by atoms with Gasteiger partial charge in [-0.1, -0.05) is 29.8 Å². The van der Waals surface area contributed by atoms with E-state index >= 15 is 0 Å². The van der Waals surface area contributed by atoms with Crippen LogP contribution < -0.4 is 10.6 Å². The summed E-state index contributed by atoms with van der Waals surface area (Å²) in [5.74, 6) is -0.231. The first-order chi connectivity index (χ1) is 13.4. The van der Waals surface area contributed by atoms with Gasteiger partial charge in [-0.05, 0) is 61.7 Å². The molecule has 0 fully saturated rings. The molecular formula is C21H20ClFN4O. The largest absolute Gasteiger partial charge is 0.354 e. The SMILES string of the molecule is Cc1cc(C(=O)Nc2ccc(C)c(Cl)c2)nc(NCCc2ccc(F)cc2)n1. The molecule has 3 aromatic rings. The number of benzene rings is 2. The molecule has 5 nitrogen and oxygen atoms in total. The highest BCUT2D eigenvalue weighted by atomic mass is 35.5. The van der Waals surface area contributed by atoms with E-state index in [9.17, 15) is 9.18 Å². The number of carbonyl (C=O) groups is 1. The number of nitrogens with one attached hydrogen (secondary N) is 2. The Morgan fingerprint density at radius 3 is 2.54 bits per heavy atom. The van der Waals surface area contributed by atoms with Crippen molar-refractivity contribution in [1.29, 1.82) is 0 Å². The van der Waals surface area contributed by atoms with Gasteiger partial charge >= 0.3 is 0 Å². The van der Waals surface area contributed by atoms with Crippen LogP contribution in [0.1, 0.15) is 27.3 Å². The molecular weight excluding hydrogens is 379 g/mol. The first kappa shape index (κ1) is 19.8. The smallest absolute Gasteiger partial charge is 0.274 e. The van der Waals surface area contributed by atoms with E-state index in [2.05, 4.69) is 20.6 Å². The van der Waals surface area contributed by atoms with Crippen LogP contribution in [0.3, 0.4) is 0 Å². The van der Waals surface area contributed by atoms with Crippen molar-refractivity contribution >= 4 is 29.1 Å². The molecule has 0 aliphatic carbocycles. The van der Waals surface area contributed by atoms with E-state index in [4.69, 9.17) is 11.6 Å². The van der Waals surface area contributed by atoms with E-state index in [1.807, 2.05) is 13.0 Å². The van der Waals surface area contributed by atoms with Gasteiger partial charge < -0.3 is 10.6 Å². The molecule has 1 heterocycles. The summed E-state index contributed by atoms with van der Waals surface area (Å²) in [5.41, 5.74) is 3.46. The minimum Gasteiger partial charge on any atom is -0.354 e. The van der Waals surface area contributed by atoms with Crippen LogP contribution in [0.2, 0.25) is 5.02 Å². The molecule has 2 aromatic carbocycles. The summed E-state index contributed by atoms with van der Waals surface area (Å²) in [7, 11) is 0. The molecule has 0 aliphatic rings. The molecule has 1 amide bonds. The molecule has 0 atom stereocenters. The van der Waals surface area contributed by atoms with Crippen molar-refractivity contribution in [1.82, 2.24) is 9.97 Å². The quantitative estimate of drug-likeness (QED) is 0.626. The van der Waals surface area contributed by atoms with Crippen LogP contribution in [0.25, 0.3) is 0 Å². The molecule has 0 aliphatic heterocycles. The maximum atomic E-state index is 13.0. The predicted molar refractivity (Wildman–Crippen MR) is 110 cm³/mol. The topological polar surface area (TPSA) is 66.9 Å². The Kier molecular flexibility index (Phi) is 6.21. The average molecular weight is 399 g/mol. The predicted octanol–water partition coefficient (Wildman–Crippen LogP) is 4.79. The summed E-state index contributed by atoms with van der Waals surface area (Å²) in [4.78, 5) is 21.1. The second kappa shape index (κ2) is 8.80. The Labute approximate surface area is 168 Å². The van der Waals surface area contributed by atoms with Gasteiger partial charge in [-0.15, -0.1) is 0 Å². The highest BCUT2D eigenvalue weighted by molar-refractivity contribution is 6.31. The van der Waals surface area contributed by atoms with E-state index < -0.39 is 0 Å². The van der Waals surface area contributed by atoms with Crippen LogP contribution in [0.15, 0.2) is 48.5 Å². The molecule has 0 saturated heterocycles. The molecule has 0 saturated carbocycles. The van der Waals surface area contributed by atoms with Gasteiger partial charge in [0.05, 0.1) is 0 Å². The fraction of sp³-hybridized carbons (Fsp3) is 0.190. The molecule has 7 heteroatoms. The van der Waals surface area contributed by atoms with Crippen LogP contribution in [-0.2, 0) is 6.42 Å². The summed E-state index contributed by atoms with van der Waals surface area (Å²) in [6.07, 6.45) is 0.682. The number of rotatable bonds is 6. The zero-order valence-corrected chi connectivity index (χ0v) is 16.3. The third-order valence-electron chi connectivity index (χ3n) is 4.13. The van der Waals surface area contributed by atoms with Gasteiger partial charge in [0.25, 0.3) is 5.91 Å². The van der Waals surface area contributed by atoms with Crippen LogP contribution in [0.4, 0.5) is 16.0 Å². The fourth-order valence-electron chi connectivity index (χ4n) is 2.60. The molecule has 2 N–H and O–H groups in total. The number of hydrogen-bond donors (Lipinski definition) is 2. The maximum absolute atomic E-state index is 13.0. The lowest BCUT2D eigenvalue weighted by Crippen LogP contribution is -2.17. The molecule has 0 radical (unpaired) electrons. The zero-order valence-electron chi connectivity index (χ0n) is 15.6. The van der Waals surface area contributed by atoms with Gasteiger partial charge in [0.2, 0.25) is 5.95 Å². The summed E-state index contributed by atoms with van der Waals surface area (Å²) in [5, 5.41) is 6.48. The van der Waals surface area contributed by atoms with E-state index in [1.54, 1.807) is 37.3 Å². The van der Waals surface area contributed by atoms with E-state index in [0.29, 0.717) is 35.3 Å². The van der Waals surface area contributed by atoms with Crippen molar-refractivity contribution < 1.29 is 9.18 Å². The van der Waals surface area contributed by atoms with Crippen molar-refractivity contribution in [3.8, 4) is 0 Å². The Morgan fingerprint density at radius 1 is 1.07 bits per heavy atom. The number of aromatic nitrogens is 2. The second-order valence-electron chi connectivity index (χ2n) is 6.44. The third-order valence-corrected chi connectivity index (χ3v) is 4.53. The Bertz CT molecular complexity index is 992. The summed E-state index contributed by atoms with van der Waals surface area (Å²) < 4.78 is 13.0. The van der Waals surface area contributed by atoms with Crippen LogP contribution in [-0.4, -0.2) is 22.4 Å². The van der Waals surface area contributed by atoms with Crippen LogP contribution in [0, 0.1) is 19.7 Å². The van der Waals surface area contributed by atoms with Gasteiger partial charge in [0.15, 0.2) is 0 Å². The molecule has 0 unspecified atom stereocenters. The minimum atomic E-state index is -0.341. The number of amides is 1. The number of halogens is 2. The number of hydrogen-bond acceptors (Lipinski definition) is 4. The molecule has 144 valence electrons. The van der Waals surface area contributed by atoms with Crippen molar-refractivity contribution in [2.24, 2.45) is 0 Å². The van der Waals surface area contributed by atoms with Crippen molar-refractivity contribution in [2.75, 3.05) is 17.2 Å². The monoisotopic (exact) mass is 398 g/mol. The first-order valence-corrected chi connectivity index (χ1v) is 9.20. The molecule has 28 heavy (non-hydrogen) atoms. The van der Waals surface area contributed by atoms with Crippen molar-refractivity contribution in [2.45, 2.75) is 20.3 Å². The van der Waals surface area contributed by atoms with Gasteiger partial charge in [-0.25, -0.2) is 14.4 Å². The average Bonchev–Trinajstić information content (AvgIpc) is 2.66. The summed E-state index contributed by atoms with van der Waals surface area (Å²) >= 11 is 6.10. The summed E-state index contributed by atoms with van der Waals surface area (Å²) in [6.45, 7) is 4.25. The van der Waals surface area contributed by atoms with Gasteiger partial charge in [0, 0.05) is 22.9 Å². The molecule has 3 rings (SSSR count). The Morgan fingerprint density at radius 2 is 1.82 bits per heavy atom. The van der Waals surface area contributed by atoms with Crippen molar-refractivity contribution in [3.63, 3.8) is 0 Å². The first-order valence-electron chi connectivity index (χ1n) is 8.82. The fourth-order valence-corrected chi connectivity index (χ4v) is 2.78. The highest BCUT2D eigenvalue weighted by Gasteiger charge is 2.11. The number of nitrogens with zero attached hydrogens (tertiary/aromatic N) is 2. The molecule has 0 bridgehead atoms. The van der Waals surface area contributed by atoms with E-state index in [0.717, 1.165) is 11.1 Å². The molecule has 1 aromatic heterocycles. The van der Waals surface area contributed by atoms with Crippen molar-refractivity contribution in [3.05, 3.63) is 81.9 Å². The number of aryl methyl sites for hydroxylation is 2. The Balaban J connectivity index is 1.65. The standard InChI is InChI=1S/C21H20ClFN4O/c1-13-3-8-17(12-18(13)22)26-20(28)19-11-14(2)25-21(27-19)24-10-9-15-4-6-16(23)7-5-15/h3-8,11-12H,9-10H2,1-2H3,(H,26,28)(H,24,25,27). The van der Waals surface area contributed by atoms with Gasteiger partial charge in [-0.2, -0.15) is 0 Å². The second-order valence-corrected chi connectivity index (χ2v) is 6.85. The van der Waals surface area contributed by atoms with E-state index in [1.165, 1.54) is 12.1 Å². The number of carbonyl (C=O) groups excluding carboxylic acids is 1. The minimum absolute atomic E-state index is 0.258. The normalized spacial score (nSPS) is 10.6. The van der Waals surface area contributed by atoms with Gasteiger partial charge in [-0.3, -0.25) is 4.79 Å². The lowest BCUT2D eigenvalue weighted by atomic mass is 10.1. The van der Waals surface area contributed by atoms with E-state index in [-0.39, 0.29) is 17.4 Å². The maximum Gasteiger partial charge on any atom is 0.274 e. The third kappa shape index (κ3) is 5.27. The lowest BCUT2D eigenvalue weighted by molar-refractivity contribution is 0.102. The van der Waals surface area contributed by atoms with Gasteiger partial charge in [0.1, 0.15) is 11.5 Å². The van der Waals surface area contributed by atoms with Crippen LogP contribution in [0.5, 0.6) is 0 Å². The number of anilines is 2. The molecule has 0 spiro atoms. The Hall–Kier alpha value is -2.99. The summed E-state index contributed by atoms with van der Waals surface area (Å²) in [6, 6.07) is 13.3.